The van der Waals surface area contributed by atoms with Gasteiger partial charge in [-0.25, -0.2) is 13.8 Å². The fourth-order valence-electron chi connectivity index (χ4n) is 4.42. The molecule has 2 atom stereocenters. The van der Waals surface area contributed by atoms with E-state index in [1.807, 2.05) is 19.1 Å². The number of benzene rings is 3. The number of aliphatic hydroxyl groups is 1. The number of aliphatic hydroxyl groups excluding tert-OH is 1. The number of hydrogen-bond acceptors (Lipinski definition) is 5. The number of amides is 1. The quantitative estimate of drug-likeness (QED) is 0.213. The van der Waals surface area contributed by atoms with Gasteiger partial charge in [-0.2, -0.15) is 0 Å². The molecule has 39 heavy (non-hydrogen) atoms. The average molecular weight is 558 g/mol. The molecule has 3 N–H and O–H groups in total. The number of carbonyl (C=O) groups is 1. The van der Waals surface area contributed by atoms with Gasteiger partial charge in [0.05, 0.1) is 12.1 Å². The zero-order valence-corrected chi connectivity index (χ0v) is 22.9. The van der Waals surface area contributed by atoms with Crippen molar-refractivity contribution in [1.82, 2.24) is 15.6 Å². The third kappa shape index (κ3) is 8.33. The maximum absolute atomic E-state index is 13.8. The third-order valence-electron chi connectivity index (χ3n) is 6.40. The first-order valence-electron chi connectivity index (χ1n) is 13.0. The van der Waals surface area contributed by atoms with Gasteiger partial charge in [-0.15, -0.1) is 12.4 Å². The maximum Gasteiger partial charge on any atom is 0.251 e. The lowest BCUT2D eigenvalue weighted by molar-refractivity contribution is 0.0830. The van der Waals surface area contributed by atoms with Crippen LogP contribution in [-0.2, 0) is 25.8 Å². The van der Waals surface area contributed by atoms with Crippen molar-refractivity contribution in [3.05, 3.63) is 100 Å². The molecule has 1 amide bonds. The first-order chi connectivity index (χ1) is 18.3. The van der Waals surface area contributed by atoms with Gasteiger partial charge in [0, 0.05) is 31.1 Å². The van der Waals surface area contributed by atoms with Gasteiger partial charge in [0.2, 0.25) is 0 Å². The van der Waals surface area contributed by atoms with Crippen LogP contribution in [0.5, 0.6) is 0 Å². The number of carbonyl (C=O) groups excluding carboxylic acids is 1. The minimum absolute atomic E-state index is 0. The van der Waals surface area contributed by atoms with Crippen molar-refractivity contribution in [3.8, 4) is 0 Å². The van der Waals surface area contributed by atoms with Crippen LogP contribution in [0.15, 0.2) is 65.1 Å². The Morgan fingerprint density at radius 3 is 2.46 bits per heavy atom. The molecule has 4 aromatic rings. The van der Waals surface area contributed by atoms with Crippen LogP contribution in [0.2, 0.25) is 0 Å². The van der Waals surface area contributed by atoms with Crippen LogP contribution >= 0.6 is 12.4 Å². The number of oxazole rings is 1. The SMILES string of the molecule is CCCc1nc2cc(C(=O)N[C@@H](Cc3cc(F)cc(F)c3)[C@H](O)CNCc3cccc(CC)c3)ccc2o1.Cl. The van der Waals surface area contributed by atoms with Gasteiger partial charge in [0.1, 0.15) is 17.2 Å². The Hall–Kier alpha value is -3.33. The summed E-state index contributed by atoms with van der Waals surface area (Å²) in [6.07, 6.45) is 1.53. The van der Waals surface area contributed by atoms with Gasteiger partial charge in [0.25, 0.3) is 5.91 Å². The molecule has 0 saturated heterocycles. The molecule has 3 aromatic carbocycles. The molecule has 0 aliphatic rings. The minimum atomic E-state index is -1.02. The minimum Gasteiger partial charge on any atom is -0.441 e. The number of rotatable bonds is 12. The third-order valence-corrected chi connectivity index (χ3v) is 6.40. The summed E-state index contributed by atoms with van der Waals surface area (Å²) in [4.78, 5) is 17.6. The van der Waals surface area contributed by atoms with Gasteiger partial charge in [-0.1, -0.05) is 38.1 Å². The van der Waals surface area contributed by atoms with E-state index < -0.39 is 29.7 Å². The monoisotopic (exact) mass is 557 g/mol. The molecule has 0 saturated carbocycles. The molecule has 1 aromatic heterocycles. The molecule has 208 valence electrons. The summed E-state index contributed by atoms with van der Waals surface area (Å²) in [6.45, 7) is 4.81. The predicted octanol–water partition coefficient (Wildman–Crippen LogP) is 5.53. The van der Waals surface area contributed by atoms with Crippen molar-refractivity contribution >= 4 is 29.4 Å². The van der Waals surface area contributed by atoms with Gasteiger partial charge < -0.3 is 20.2 Å². The predicted molar refractivity (Wildman–Crippen MR) is 150 cm³/mol. The number of aryl methyl sites for hydroxylation is 2. The van der Waals surface area contributed by atoms with Gasteiger partial charge in [-0.3, -0.25) is 4.79 Å². The molecule has 9 heteroatoms. The normalized spacial score (nSPS) is 12.6. The van der Waals surface area contributed by atoms with E-state index in [0.29, 0.717) is 41.1 Å². The van der Waals surface area contributed by atoms with Crippen molar-refractivity contribution in [2.24, 2.45) is 0 Å². The second-order valence-electron chi connectivity index (χ2n) is 9.47. The number of fused-ring (bicyclic) bond motifs is 1. The van der Waals surface area contributed by atoms with E-state index in [2.05, 4.69) is 34.7 Å². The Morgan fingerprint density at radius 2 is 1.74 bits per heavy atom. The van der Waals surface area contributed by atoms with Crippen LogP contribution in [0.3, 0.4) is 0 Å². The molecule has 0 unspecified atom stereocenters. The number of nitrogens with one attached hydrogen (secondary N) is 2. The molecule has 0 fully saturated rings. The molecule has 0 radical (unpaired) electrons. The molecule has 0 aliphatic heterocycles. The summed E-state index contributed by atoms with van der Waals surface area (Å²) in [5, 5.41) is 17.1. The zero-order chi connectivity index (χ0) is 27.1. The van der Waals surface area contributed by atoms with Gasteiger partial charge >= 0.3 is 0 Å². The summed E-state index contributed by atoms with van der Waals surface area (Å²) in [6, 6.07) is 15.5. The summed E-state index contributed by atoms with van der Waals surface area (Å²) >= 11 is 0. The fraction of sp³-hybridized carbons (Fsp3) is 0.333. The molecule has 6 nitrogen and oxygen atoms in total. The molecule has 0 aliphatic carbocycles. The average Bonchev–Trinajstić information content (AvgIpc) is 3.29. The molecular weight excluding hydrogens is 524 g/mol. The lowest BCUT2D eigenvalue weighted by Crippen LogP contribution is -2.48. The van der Waals surface area contributed by atoms with Crippen LogP contribution in [0.4, 0.5) is 8.78 Å². The highest BCUT2D eigenvalue weighted by atomic mass is 35.5. The summed E-state index contributed by atoms with van der Waals surface area (Å²) in [7, 11) is 0. The Labute approximate surface area is 233 Å². The van der Waals surface area contributed by atoms with Gasteiger partial charge in [-0.05, 0) is 66.3 Å². The van der Waals surface area contributed by atoms with Crippen LogP contribution in [0, 0.1) is 11.6 Å². The number of nitrogens with zero attached hydrogens (tertiary/aromatic N) is 1. The zero-order valence-electron chi connectivity index (χ0n) is 22.0. The lowest BCUT2D eigenvalue weighted by atomic mass is 10.00. The van der Waals surface area contributed by atoms with E-state index in [1.54, 1.807) is 18.2 Å². The second kappa shape index (κ2) is 14.2. The lowest BCUT2D eigenvalue weighted by Gasteiger charge is -2.25. The topological polar surface area (TPSA) is 87.4 Å². The Kier molecular flexibility index (Phi) is 11.0. The molecule has 0 spiro atoms. The summed E-state index contributed by atoms with van der Waals surface area (Å²) < 4.78 is 33.4. The smallest absolute Gasteiger partial charge is 0.251 e. The van der Waals surface area contributed by atoms with Crippen LogP contribution < -0.4 is 10.6 Å². The largest absolute Gasteiger partial charge is 0.441 e. The number of halogens is 3. The van der Waals surface area contributed by atoms with E-state index in [-0.39, 0.29) is 25.4 Å². The highest BCUT2D eigenvalue weighted by molar-refractivity contribution is 5.97. The van der Waals surface area contributed by atoms with E-state index in [0.717, 1.165) is 24.5 Å². The molecule has 1 heterocycles. The molecular formula is C30H34ClF2N3O3. The van der Waals surface area contributed by atoms with Crippen LogP contribution in [0.1, 0.15) is 53.2 Å². The first kappa shape index (κ1) is 30.2. The molecule has 0 bridgehead atoms. The van der Waals surface area contributed by atoms with E-state index in [1.165, 1.54) is 17.7 Å². The number of aromatic nitrogens is 1. The van der Waals surface area contributed by atoms with Gasteiger partial charge in [0.15, 0.2) is 11.5 Å². The summed E-state index contributed by atoms with van der Waals surface area (Å²) in [5.74, 6) is -1.25. The van der Waals surface area contributed by atoms with Crippen molar-refractivity contribution in [2.75, 3.05) is 6.54 Å². The Morgan fingerprint density at radius 1 is 1.00 bits per heavy atom. The first-order valence-corrected chi connectivity index (χ1v) is 13.0. The van der Waals surface area contributed by atoms with E-state index >= 15 is 0 Å². The van der Waals surface area contributed by atoms with Crippen LogP contribution in [-0.4, -0.2) is 34.7 Å². The van der Waals surface area contributed by atoms with E-state index in [9.17, 15) is 18.7 Å². The number of hydrogen-bond donors (Lipinski definition) is 3. The molecule has 4 rings (SSSR count). The summed E-state index contributed by atoms with van der Waals surface area (Å²) in [5.41, 5.74) is 4.13. The Bertz CT molecular complexity index is 1370. The highest BCUT2D eigenvalue weighted by Gasteiger charge is 2.23. The highest BCUT2D eigenvalue weighted by Crippen LogP contribution is 2.19. The van der Waals surface area contributed by atoms with E-state index in [4.69, 9.17) is 4.42 Å². The van der Waals surface area contributed by atoms with Crippen LogP contribution in [0.25, 0.3) is 11.1 Å². The standard InChI is InChI=1S/C30H33F2N3O3.ClH/c1-3-6-29-34-26-15-22(9-10-28(26)38-29)30(37)35-25(14-21-12-23(31)16-24(32)13-21)27(36)18-33-17-20-8-5-7-19(4-2)11-20;/h5,7-13,15-16,25,27,33,36H,3-4,6,14,17-18H2,1-2H3,(H,35,37);1H/t25-,27+;/m0./s1. The fourth-order valence-corrected chi connectivity index (χ4v) is 4.42. The Balaban J connectivity index is 0.00000420. The second-order valence-corrected chi connectivity index (χ2v) is 9.47. The van der Waals surface area contributed by atoms with Crippen molar-refractivity contribution < 1.29 is 23.1 Å². The maximum atomic E-state index is 13.8. The van der Waals surface area contributed by atoms with Crippen molar-refractivity contribution in [1.29, 1.82) is 0 Å². The van der Waals surface area contributed by atoms with Crippen molar-refractivity contribution in [2.45, 2.75) is 58.2 Å². The van der Waals surface area contributed by atoms with Crippen molar-refractivity contribution in [3.63, 3.8) is 0 Å².